The molecule has 112 valence electrons. The van der Waals surface area contributed by atoms with Gasteiger partial charge in [-0.15, -0.1) is 11.6 Å². The predicted octanol–water partition coefficient (Wildman–Crippen LogP) is 2.32. The van der Waals surface area contributed by atoms with E-state index in [1.54, 1.807) is 14.2 Å². The highest BCUT2D eigenvalue weighted by Crippen LogP contribution is 2.33. The van der Waals surface area contributed by atoms with Crippen LogP contribution in [0, 0.1) is 0 Å². The Labute approximate surface area is 125 Å². The van der Waals surface area contributed by atoms with Crippen LogP contribution < -0.4 is 9.47 Å². The van der Waals surface area contributed by atoms with E-state index < -0.39 is 0 Å². The molecule has 0 aromatic heterocycles. The molecule has 1 aliphatic heterocycles. The Morgan fingerprint density at radius 2 is 1.80 bits per heavy atom. The molecule has 5 heteroatoms. The number of ether oxygens (including phenoxy) is 3. The zero-order chi connectivity index (χ0) is 14.4. The topological polar surface area (TPSA) is 30.9 Å². The van der Waals surface area contributed by atoms with Crippen LogP contribution in [0.2, 0.25) is 0 Å². The van der Waals surface area contributed by atoms with E-state index in [0.717, 1.165) is 44.2 Å². The molecule has 0 atom stereocenters. The maximum atomic E-state index is 5.59. The molecule has 0 saturated carbocycles. The van der Waals surface area contributed by atoms with E-state index in [2.05, 4.69) is 17.0 Å². The number of hydrogen-bond donors (Lipinski definition) is 0. The van der Waals surface area contributed by atoms with Crippen LogP contribution >= 0.6 is 11.6 Å². The van der Waals surface area contributed by atoms with Crippen molar-refractivity contribution in [2.24, 2.45) is 0 Å². The Balaban J connectivity index is 1.98. The lowest BCUT2D eigenvalue weighted by Gasteiger charge is -2.29. The quantitative estimate of drug-likeness (QED) is 0.571. The summed E-state index contributed by atoms with van der Waals surface area (Å²) in [6, 6.07) is 4.18. The monoisotopic (exact) mass is 299 g/mol. The second-order valence-corrected chi connectivity index (χ2v) is 5.18. The molecule has 1 aliphatic rings. The number of nitrogens with zero attached hydrogens (tertiary/aromatic N) is 1. The zero-order valence-corrected chi connectivity index (χ0v) is 12.9. The normalized spacial score (nSPS) is 14.9. The largest absolute Gasteiger partial charge is 0.493 e. The molecule has 20 heavy (non-hydrogen) atoms. The lowest BCUT2D eigenvalue weighted by molar-refractivity contribution is 0.109. The van der Waals surface area contributed by atoms with Gasteiger partial charge in [0, 0.05) is 25.5 Å². The fraction of sp³-hybridized carbons (Fsp3) is 0.600. The number of alkyl halides is 1. The molecular formula is C15H22ClNO3. The van der Waals surface area contributed by atoms with Gasteiger partial charge in [0.1, 0.15) is 0 Å². The van der Waals surface area contributed by atoms with Crippen LogP contribution in [0.4, 0.5) is 0 Å². The van der Waals surface area contributed by atoms with Crippen LogP contribution in [-0.4, -0.2) is 51.3 Å². The molecule has 0 aliphatic carbocycles. The van der Waals surface area contributed by atoms with Crippen LogP contribution in [-0.2, 0) is 17.7 Å². The molecule has 0 unspecified atom stereocenters. The summed E-state index contributed by atoms with van der Waals surface area (Å²) in [6.07, 6.45) is 1.03. The van der Waals surface area contributed by atoms with Gasteiger partial charge in [-0.1, -0.05) is 0 Å². The molecule has 0 N–H and O–H groups in total. The minimum atomic E-state index is 0.555. The summed E-state index contributed by atoms with van der Waals surface area (Å²) < 4.78 is 16.2. The number of methoxy groups -OCH3 is 2. The van der Waals surface area contributed by atoms with Crippen LogP contribution in [0.1, 0.15) is 11.1 Å². The molecule has 0 amide bonds. The van der Waals surface area contributed by atoms with Gasteiger partial charge in [-0.05, 0) is 29.7 Å². The summed E-state index contributed by atoms with van der Waals surface area (Å²) in [5.41, 5.74) is 2.66. The molecule has 0 spiro atoms. The first kappa shape index (κ1) is 15.4. The first-order valence-corrected chi connectivity index (χ1v) is 7.41. The minimum absolute atomic E-state index is 0.555. The number of fused-ring (bicyclic) bond motifs is 1. The zero-order valence-electron chi connectivity index (χ0n) is 12.2. The second kappa shape index (κ2) is 7.72. The third-order valence-corrected chi connectivity index (χ3v) is 3.72. The molecule has 2 rings (SSSR count). The highest BCUT2D eigenvalue weighted by atomic mass is 35.5. The third kappa shape index (κ3) is 3.78. The van der Waals surface area contributed by atoms with Gasteiger partial charge in [0.2, 0.25) is 0 Å². The predicted molar refractivity (Wildman–Crippen MR) is 80.1 cm³/mol. The van der Waals surface area contributed by atoms with Crippen molar-refractivity contribution in [3.63, 3.8) is 0 Å². The summed E-state index contributed by atoms with van der Waals surface area (Å²) >= 11 is 5.59. The molecule has 4 nitrogen and oxygen atoms in total. The van der Waals surface area contributed by atoms with E-state index in [1.165, 1.54) is 11.1 Å². The summed E-state index contributed by atoms with van der Waals surface area (Å²) in [4.78, 5) is 2.39. The van der Waals surface area contributed by atoms with Crippen molar-refractivity contribution >= 4 is 11.6 Å². The van der Waals surface area contributed by atoms with Gasteiger partial charge in [0.15, 0.2) is 11.5 Å². The van der Waals surface area contributed by atoms with E-state index in [-0.39, 0.29) is 0 Å². The summed E-state index contributed by atoms with van der Waals surface area (Å²) in [7, 11) is 3.35. The fourth-order valence-electron chi connectivity index (χ4n) is 2.48. The van der Waals surface area contributed by atoms with Crippen LogP contribution in [0.25, 0.3) is 0 Å². The number of benzene rings is 1. The minimum Gasteiger partial charge on any atom is -0.493 e. The highest BCUT2D eigenvalue weighted by Gasteiger charge is 2.19. The Morgan fingerprint density at radius 1 is 1.10 bits per heavy atom. The van der Waals surface area contributed by atoms with Crippen LogP contribution in [0.3, 0.4) is 0 Å². The maximum Gasteiger partial charge on any atom is 0.161 e. The molecular weight excluding hydrogens is 278 g/mol. The Hall–Kier alpha value is -0.970. The number of hydrogen-bond acceptors (Lipinski definition) is 4. The first-order valence-electron chi connectivity index (χ1n) is 6.88. The Morgan fingerprint density at radius 3 is 2.45 bits per heavy atom. The summed E-state index contributed by atoms with van der Waals surface area (Å²) in [5.74, 6) is 2.16. The standard InChI is InChI=1S/C15H22ClNO3/c1-18-14-9-12-3-5-17(6-8-20-7-4-16)11-13(12)10-15(14)19-2/h9-10H,3-8,11H2,1-2H3. The summed E-state index contributed by atoms with van der Waals surface area (Å²) in [5, 5.41) is 0. The fourth-order valence-corrected chi connectivity index (χ4v) is 2.59. The lowest BCUT2D eigenvalue weighted by atomic mass is 9.99. The average molecular weight is 300 g/mol. The van der Waals surface area contributed by atoms with Crippen molar-refractivity contribution in [3.05, 3.63) is 23.3 Å². The second-order valence-electron chi connectivity index (χ2n) is 4.80. The smallest absolute Gasteiger partial charge is 0.161 e. The molecule has 0 saturated heterocycles. The van der Waals surface area contributed by atoms with Crippen molar-refractivity contribution in [1.82, 2.24) is 4.90 Å². The number of rotatable bonds is 7. The van der Waals surface area contributed by atoms with Crippen molar-refractivity contribution < 1.29 is 14.2 Å². The van der Waals surface area contributed by atoms with Gasteiger partial charge in [0.25, 0.3) is 0 Å². The highest BCUT2D eigenvalue weighted by molar-refractivity contribution is 6.17. The molecule has 1 heterocycles. The van der Waals surface area contributed by atoms with Crippen LogP contribution in [0.5, 0.6) is 11.5 Å². The SMILES string of the molecule is COc1cc2c(cc1OC)CN(CCOCCCl)CC2. The number of halogens is 1. The van der Waals surface area contributed by atoms with Gasteiger partial charge in [-0.2, -0.15) is 0 Å². The molecule has 0 radical (unpaired) electrons. The van der Waals surface area contributed by atoms with Gasteiger partial charge >= 0.3 is 0 Å². The van der Waals surface area contributed by atoms with Crippen molar-refractivity contribution in [3.8, 4) is 11.5 Å². The van der Waals surface area contributed by atoms with Crippen molar-refractivity contribution in [2.75, 3.05) is 46.4 Å². The summed E-state index contributed by atoms with van der Waals surface area (Å²) in [6.45, 7) is 4.27. The third-order valence-electron chi connectivity index (χ3n) is 3.57. The van der Waals surface area contributed by atoms with E-state index >= 15 is 0 Å². The van der Waals surface area contributed by atoms with E-state index in [1.807, 2.05) is 0 Å². The first-order chi connectivity index (χ1) is 9.78. The van der Waals surface area contributed by atoms with Crippen LogP contribution in [0.15, 0.2) is 12.1 Å². The Kier molecular flexibility index (Phi) is 5.95. The molecule has 1 aromatic rings. The molecule has 0 bridgehead atoms. The van der Waals surface area contributed by atoms with Gasteiger partial charge < -0.3 is 14.2 Å². The molecule has 1 aromatic carbocycles. The van der Waals surface area contributed by atoms with E-state index in [9.17, 15) is 0 Å². The molecule has 0 fully saturated rings. The van der Waals surface area contributed by atoms with Gasteiger partial charge in [-0.25, -0.2) is 0 Å². The van der Waals surface area contributed by atoms with Crippen molar-refractivity contribution in [1.29, 1.82) is 0 Å². The lowest BCUT2D eigenvalue weighted by Crippen LogP contribution is -2.33. The van der Waals surface area contributed by atoms with E-state index in [4.69, 9.17) is 25.8 Å². The van der Waals surface area contributed by atoms with Gasteiger partial charge in [-0.3, -0.25) is 4.90 Å². The van der Waals surface area contributed by atoms with Gasteiger partial charge in [0.05, 0.1) is 27.4 Å². The van der Waals surface area contributed by atoms with Crippen molar-refractivity contribution in [2.45, 2.75) is 13.0 Å². The maximum absolute atomic E-state index is 5.59. The van der Waals surface area contributed by atoms with E-state index in [0.29, 0.717) is 12.5 Å². The Bertz CT molecular complexity index is 439. The average Bonchev–Trinajstić information content (AvgIpc) is 2.50.